The third kappa shape index (κ3) is 2.02. The molecule has 2 aliphatic carbocycles. The van der Waals surface area contributed by atoms with E-state index in [2.05, 4.69) is 0 Å². The number of anilines is 1. The smallest absolute Gasteiger partial charge is 0.350 e. The normalized spacial score (nSPS) is 24.0. The number of fused-ring (bicyclic) bond motifs is 1. The van der Waals surface area contributed by atoms with E-state index < -0.39 is 17.1 Å². The standard InChI is InChI=1S/C17H19ClFN5O2/c18-12-13-9(15(25)24(21)16(26)23(13)8-1-2-8)5-10(19)14(12)22-6-11(20)17(7-22)3-4-17/h5,8,11H,1-4,6-7,20-21H2/t11-/m1/s1. The molecule has 1 aliphatic heterocycles. The van der Waals surface area contributed by atoms with Crippen molar-refractivity contribution in [3.8, 4) is 0 Å². The summed E-state index contributed by atoms with van der Waals surface area (Å²) in [7, 11) is 0. The number of nitrogen functional groups attached to an aromatic ring is 1. The van der Waals surface area contributed by atoms with E-state index in [0.29, 0.717) is 17.8 Å². The first-order valence-electron chi connectivity index (χ1n) is 8.79. The van der Waals surface area contributed by atoms with Crippen molar-refractivity contribution in [3.63, 3.8) is 0 Å². The highest BCUT2D eigenvalue weighted by atomic mass is 35.5. The molecular weight excluding hydrogens is 361 g/mol. The predicted molar refractivity (Wildman–Crippen MR) is 97.7 cm³/mol. The van der Waals surface area contributed by atoms with Gasteiger partial charge in [-0.15, -0.1) is 0 Å². The first kappa shape index (κ1) is 16.1. The Balaban J connectivity index is 1.79. The first-order valence-corrected chi connectivity index (χ1v) is 9.17. The Kier molecular flexibility index (Phi) is 3.11. The number of benzene rings is 1. The van der Waals surface area contributed by atoms with E-state index in [9.17, 15) is 14.0 Å². The van der Waals surface area contributed by atoms with Gasteiger partial charge in [-0.25, -0.2) is 9.18 Å². The van der Waals surface area contributed by atoms with Gasteiger partial charge >= 0.3 is 5.69 Å². The van der Waals surface area contributed by atoms with Gasteiger partial charge in [0.25, 0.3) is 5.56 Å². The third-order valence-corrected chi connectivity index (χ3v) is 6.46. The third-order valence-electron chi connectivity index (χ3n) is 6.10. The maximum absolute atomic E-state index is 14.9. The van der Waals surface area contributed by atoms with Gasteiger partial charge in [0.2, 0.25) is 0 Å². The van der Waals surface area contributed by atoms with Crippen molar-refractivity contribution < 1.29 is 4.39 Å². The van der Waals surface area contributed by atoms with Gasteiger partial charge in [0, 0.05) is 30.6 Å². The summed E-state index contributed by atoms with van der Waals surface area (Å²) >= 11 is 6.59. The molecule has 1 atom stereocenters. The summed E-state index contributed by atoms with van der Waals surface area (Å²) < 4.78 is 16.9. The highest BCUT2D eigenvalue weighted by Crippen LogP contribution is 2.54. The van der Waals surface area contributed by atoms with Crippen LogP contribution in [0.2, 0.25) is 5.02 Å². The van der Waals surface area contributed by atoms with Gasteiger partial charge in [-0.3, -0.25) is 9.36 Å². The molecule has 3 aliphatic rings. The van der Waals surface area contributed by atoms with Crippen LogP contribution in [0, 0.1) is 11.2 Å². The van der Waals surface area contributed by atoms with E-state index in [4.69, 9.17) is 23.2 Å². The van der Waals surface area contributed by atoms with Gasteiger partial charge in [0.1, 0.15) is 5.82 Å². The van der Waals surface area contributed by atoms with Crippen LogP contribution in [0.3, 0.4) is 0 Å². The van der Waals surface area contributed by atoms with Crippen molar-refractivity contribution in [1.29, 1.82) is 0 Å². The van der Waals surface area contributed by atoms with Crippen molar-refractivity contribution in [3.05, 3.63) is 37.7 Å². The molecule has 0 radical (unpaired) electrons. The van der Waals surface area contributed by atoms with Crippen LogP contribution in [0.15, 0.2) is 15.7 Å². The molecule has 7 nitrogen and oxygen atoms in total. The number of rotatable bonds is 2. The molecule has 5 rings (SSSR count). The van der Waals surface area contributed by atoms with Crippen LogP contribution >= 0.6 is 11.6 Å². The monoisotopic (exact) mass is 379 g/mol. The largest absolute Gasteiger partial charge is 0.366 e. The zero-order valence-corrected chi connectivity index (χ0v) is 14.8. The second kappa shape index (κ2) is 5.01. The molecule has 0 unspecified atom stereocenters. The summed E-state index contributed by atoms with van der Waals surface area (Å²) in [6.45, 7) is 1.14. The lowest BCUT2D eigenvalue weighted by Crippen LogP contribution is -2.44. The molecule has 1 aromatic carbocycles. The summed E-state index contributed by atoms with van der Waals surface area (Å²) in [5.74, 6) is 5.02. The number of aromatic nitrogens is 2. The van der Waals surface area contributed by atoms with Gasteiger partial charge in [-0.1, -0.05) is 11.6 Å². The van der Waals surface area contributed by atoms with E-state index in [1.165, 1.54) is 4.57 Å². The maximum Gasteiger partial charge on any atom is 0.350 e. The second-order valence-electron chi connectivity index (χ2n) is 7.83. The fourth-order valence-electron chi connectivity index (χ4n) is 4.24. The number of hydrogen-bond acceptors (Lipinski definition) is 5. The van der Waals surface area contributed by atoms with Gasteiger partial charge in [-0.05, 0) is 31.7 Å². The Morgan fingerprint density at radius 3 is 2.54 bits per heavy atom. The average Bonchev–Trinajstić information content (AvgIpc) is 3.48. The Bertz CT molecular complexity index is 1070. The lowest BCUT2D eigenvalue weighted by Gasteiger charge is -2.23. The summed E-state index contributed by atoms with van der Waals surface area (Å²) in [5.41, 5.74) is 5.41. The highest BCUT2D eigenvalue weighted by molar-refractivity contribution is 6.38. The topological polar surface area (TPSA) is 99.3 Å². The van der Waals surface area contributed by atoms with Crippen LogP contribution in [0.1, 0.15) is 31.7 Å². The Morgan fingerprint density at radius 1 is 1.27 bits per heavy atom. The predicted octanol–water partition coefficient (Wildman–Crippen LogP) is 0.932. The van der Waals surface area contributed by atoms with Crippen molar-refractivity contribution >= 4 is 28.2 Å². The zero-order chi connectivity index (χ0) is 18.4. The van der Waals surface area contributed by atoms with E-state index in [1.807, 2.05) is 4.90 Å². The number of nitrogens with zero attached hydrogens (tertiary/aromatic N) is 3. The molecule has 26 heavy (non-hydrogen) atoms. The molecule has 2 heterocycles. The minimum Gasteiger partial charge on any atom is -0.366 e. The first-order chi connectivity index (χ1) is 12.3. The van der Waals surface area contributed by atoms with Crippen LogP contribution in [-0.2, 0) is 0 Å². The molecule has 9 heteroatoms. The molecular formula is C17H19ClFN5O2. The van der Waals surface area contributed by atoms with E-state index in [-0.39, 0.29) is 39.1 Å². The molecule has 1 saturated heterocycles. The maximum atomic E-state index is 14.9. The Hall–Kier alpha value is -2.06. The van der Waals surface area contributed by atoms with E-state index in [1.54, 1.807) is 0 Å². The molecule has 3 fully saturated rings. The number of hydrogen-bond donors (Lipinski definition) is 2. The van der Waals surface area contributed by atoms with Crippen molar-refractivity contribution in [2.75, 3.05) is 23.8 Å². The molecule has 4 N–H and O–H groups in total. The Morgan fingerprint density at radius 2 is 1.96 bits per heavy atom. The van der Waals surface area contributed by atoms with Crippen molar-refractivity contribution in [2.45, 2.75) is 37.8 Å². The lowest BCUT2D eigenvalue weighted by molar-refractivity contribution is 0.499. The van der Waals surface area contributed by atoms with Crippen molar-refractivity contribution in [2.24, 2.45) is 11.1 Å². The van der Waals surface area contributed by atoms with Crippen LogP contribution in [0.5, 0.6) is 0 Å². The highest BCUT2D eigenvalue weighted by Gasteiger charge is 2.54. The van der Waals surface area contributed by atoms with Crippen molar-refractivity contribution in [1.82, 2.24) is 9.24 Å². The lowest BCUT2D eigenvalue weighted by atomic mass is 10.0. The zero-order valence-electron chi connectivity index (χ0n) is 14.0. The molecule has 2 saturated carbocycles. The Labute approximate surface area is 152 Å². The molecule has 0 amide bonds. The average molecular weight is 380 g/mol. The summed E-state index contributed by atoms with van der Waals surface area (Å²) in [5, 5.41) is 0.112. The van der Waals surface area contributed by atoms with Crippen LogP contribution in [-0.4, -0.2) is 28.4 Å². The second-order valence-corrected chi connectivity index (χ2v) is 8.20. The van der Waals surface area contributed by atoms with Crippen LogP contribution < -0.4 is 27.7 Å². The van der Waals surface area contributed by atoms with Gasteiger partial charge in [-0.2, -0.15) is 4.68 Å². The summed E-state index contributed by atoms with van der Waals surface area (Å²) in [4.78, 5) is 26.8. The molecule has 138 valence electrons. The summed E-state index contributed by atoms with van der Waals surface area (Å²) in [6, 6.07) is 1.05. The molecule has 1 aromatic heterocycles. The quantitative estimate of drug-likeness (QED) is 0.756. The van der Waals surface area contributed by atoms with Crippen LogP contribution in [0.25, 0.3) is 10.9 Å². The van der Waals surface area contributed by atoms with Gasteiger partial charge in [0.05, 0.1) is 21.6 Å². The molecule has 1 spiro atoms. The molecule has 2 aromatic rings. The number of nitrogens with two attached hydrogens (primary N) is 2. The van der Waals surface area contributed by atoms with Gasteiger partial charge in [0.15, 0.2) is 0 Å². The fourth-order valence-corrected chi connectivity index (χ4v) is 4.64. The summed E-state index contributed by atoms with van der Waals surface area (Å²) in [6.07, 6.45) is 3.66. The van der Waals surface area contributed by atoms with E-state index in [0.717, 1.165) is 31.7 Å². The fraction of sp³-hybridized carbons (Fsp3) is 0.529. The number of halogens is 2. The van der Waals surface area contributed by atoms with E-state index >= 15 is 0 Å². The minimum atomic E-state index is -0.744. The SMILES string of the molecule is N[C@@H]1CN(c2c(F)cc3c(=O)n(N)c(=O)n(C4CC4)c3c2Cl)CC12CC2. The van der Waals surface area contributed by atoms with Crippen LogP contribution in [0.4, 0.5) is 10.1 Å². The minimum absolute atomic E-state index is 0.0230. The molecule has 0 bridgehead atoms. The van der Waals surface area contributed by atoms with Gasteiger partial charge < -0.3 is 16.5 Å².